The number of rotatable bonds is 5. The first kappa shape index (κ1) is 12.2. The van der Waals surface area contributed by atoms with Crippen LogP contribution in [0.2, 0.25) is 5.02 Å². The van der Waals surface area contributed by atoms with Crippen molar-refractivity contribution in [2.75, 3.05) is 12.3 Å². The van der Waals surface area contributed by atoms with Gasteiger partial charge in [-0.25, -0.2) is 0 Å². The lowest BCUT2D eigenvalue weighted by molar-refractivity contribution is 0.252. The van der Waals surface area contributed by atoms with Crippen LogP contribution in [0, 0.1) is 5.92 Å². The number of benzene rings is 1. The van der Waals surface area contributed by atoms with Crippen LogP contribution in [0.4, 0.5) is 5.69 Å². The fourth-order valence-electron chi connectivity index (χ4n) is 1.44. The molecule has 0 amide bonds. The zero-order valence-corrected chi connectivity index (χ0v) is 10.1. The Morgan fingerprint density at radius 3 is 2.87 bits per heavy atom. The van der Waals surface area contributed by atoms with Gasteiger partial charge in [-0.15, -0.1) is 0 Å². The molecule has 1 unspecified atom stereocenters. The van der Waals surface area contributed by atoms with Gasteiger partial charge in [0, 0.05) is 11.8 Å². The molecule has 15 heavy (non-hydrogen) atoms. The van der Waals surface area contributed by atoms with E-state index >= 15 is 0 Å². The first-order valence-electron chi connectivity index (χ1n) is 5.31. The van der Waals surface area contributed by atoms with Crippen molar-refractivity contribution in [3.8, 4) is 5.75 Å². The van der Waals surface area contributed by atoms with E-state index in [1.165, 1.54) is 12.8 Å². The molecule has 0 aromatic heterocycles. The predicted molar refractivity (Wildman–Crippen MR) is 65.4 cm³/mol. The summed E-state index contributed by atoms with van der Waals surface area (Å²) < 4.78 is 5.62. The summed E-state index contributed by atoms with van der Waals surface area (Å²) >= 11 is 5.98. The highest BCUT2D eigenvalue weighted by atomic mass is 35.5. The summed E-state index contributed by atoms with van der Waals surface area (Å²) in [7, 11) is 0. The van der Waals surface area contributed by atoms with Gasteiger partial charge in [0.1, 0.15) is 5.75 Å². The number of hydrogen-bond acceptors (Lipinski definition) is 2. The highest BCUT2D eigenvalue weighted by molar-refractivity contribution is 6.32. The SMILES string of the molecule is CCCC(C)COc1cc(N)ccc1Cl. The third-order valence-corrected chi connectivity index (χ3v) is 2.57. The van der Waals surface area contributed by atoms with Gasteiger partial charge in [-0.1, -0.05) is 31.9 Å². The summed E-state index contributed by atoms with van der Waals surface area (Å²) in [5.41, 5.74) is 6.33. The second-order valence-corrected chi connectivity index (χ2v) is 4.30. The zero-order chi connectivity index (χ0) is 11.3. The van der Waals surface area contributed by atoms with E-state index in [0.29, 0.717) is 29.0 Å². The van der Waals surface area contributed by atoms with Gasteiger partial charge >= 0.3 is 0 Å². The Kier molecular flexibility index (Phi) is 4.76. The fraction of sp³-hybridized carbons (Fsp3) is 0.500. The Bertz CT molecular complexity index is 314. The maximum atomic E-state index is 5.98. The normalized spacial score (nSPS) is 12.5. The molecule has 3 heteroatoms. The molecule has 1 atom stereocenters. The number of halogens is 1. The molecule has 0 heterocycles. The van der Waals surface area contributed by atoms with Crippen LogP contribution >= 0.6 is 11.6 Å². The van der Waals surface area contributed by atoms with E-state index in [2.05, 4.69) is 13.8 Å². The second-order valence-electron chi connectivity index (χ2n) is 3.89. The Balaban J connectivity index is 2.53. The molecule has 0 radical (unpaired) electrons. The monoisotopic (exact) mass is 227 g/mol. The molecular formula is C12H18ClNO. The molecule has 2 nitrogen and oxygen atoms in total. The summed E-state index contributed by atoms with van der Waals surface area (Å²) in [5, 5.41) is 0.618. The van der Waals surface area contributed by atoms with Crippen LogP contribution in [0.1, 0.15) is 26.7 Å². The molecule has 0 saturated carbocycles. The van der Waals surface area contributed by atoms with Crippen molar-refractivity contribution in [2.24, 2.45) is 5.92 Å². The van der Waals surface area contributed by atoms with Crippen LogP contribution in [0.25, 0.3) is 0 Å². The summed E-state index contributed by atoms with van der Waals surface area (Å²) in [5.74, 6) is 1.23. The quantitative estimate of drug-likeness (QED) is 0.778. The first-order chi connectivity index (χ1) is 7.13. The maximum absolute atomic E-state index is 5.98. The van der Waals surface area contributed by atoms with E-state index < -0.39 is 0 Å². The Hall–Kier alpha value is -0.890. The maximum Gasteiger partial charge on any atom is 0.139 e. The summed E-state index contributed by atoms with van der Waals surface area (Å²) in [6, 6.07) is 5.29. The van der Waals surface area contributed by atoms with Crippen LogP contribution in [0.3, 0.4) is 0 Å². The lowest BCUT2D eigenvalue weighted by atomic mass is 10.1. The van der Waals surface area contributed by atoms with Gasteiger partial charge < -0.3 is 10.5 Å². The minimum absolute atomic E-state index is 0.549. The van der Waals surface area contributed by atoms with Crippen molar-refractivity contribution in [1.29, 1.82) is 0 Å². The van der Waals surface area contributed by atoms with Crippen LogP contribution in [0.5, 0.6) is 5.75 Å². The smallest absolute Gasteiger partial charge is 0.139 e. The van der Waals surface area contributed by atoms with Gasteiger partial charge in [-0.05, 0) is 24.5 Å². The molecule has 1 rings (SSSR count). The fourth-order valence-corrected chi connectivity index (χ4v) is 1.61. The standard InChI is InChI=1S/C12H18ClNO/c1-3-4-9(2)8-15-12-7-10(14)5-6-11(12)13/h5-7,9H,3-4,8,14H2,1-2H3. The van der Waals surface area contributed by atoms with Crippen molar-refractivity contribution in [1.82, 2.24) is 0 Å². The van der Waals surface area contributed by atoms with Crippen LogP contribution in [0.15, 0.2) is 18.2 Å². The summed E-state index contributed by atoms with van der Waals surface area (Å²) in [4.78, 5) is 0. The van der Waals surface area contributed by atoms with E-state index in [-0.39, 0.29) is 0 Å². The van der Waals surface area contributed by atoms with Gasteiger partial charge in [-0.2, -0.15) is 0 Å². The van der Waals surface area contributed by atoms with Gasteiger partial charge in [0.05, 0.1) is 11.6 Å². The van der Waals surface area contributed by atoms with Crippen molar-refractivity contribution in [3.63, 3.8) is 0 Å². The molecule has 0 fully saturated rings. The topological polar surface area (TPSA) is 35.2 Å². The Morgan fingerprint density at radius 2 is 2.20 bits per heavy atom. The van der Waals surface area contributed by atoms with Gasteiger partial charge in [0.25, 0.3) is 0 Å². The molecule has 0 aliphatic rings. The van der Waals surface area contributed by atoms with Gasteiger partial charge in [0.2, 0.25) is 0 Å². The van der Waals surface area contributed by atoms with Crippen LogP contribution in [-0.2, 0) is 0 Å². The molecular weight excluding hydrogens is 210 g/mol. The summed E-state index contributed by atoms with van der Waals surface area (Å²) in [6.07, 6.45) is 2.34. The number of hydrogen-bond donors (Lipinski definition) is 1. The van der Waals surface area contributed by atoms with Crippen molar-refractivity contribution >= 4 is 17.3 Å². The molecule has 0 spiro atoms. The highest BCUT2D eigenvalue weighted by Crippen LogP contribution is 2.27. The van der Waals surface area contributed by atoms with E-state index in [0.717, 1.165) is 0 Å². The van der Waals surface area contributed by atoms with Crippen molar-refractivity contribution in [3.05, 3.63) is 23.2 Å². The van der Waals surface area contributed by atoms with E-state index in [9.17, 15) is 0 Å². The second kappa shape index (κ2) is 5.86. The highest BCUT2D eigenvalue weighted by Gasteiger charge is 2.05. The number of ether oxygens (including phenoxy) is 1. The molecule has 0 saturated heterocycles. The zero-order valence-electron chi connectivity index (χ0n) is 9.29. The average molecular weight is 228 g/mol. The average Bonchev–Trinajstić information content (AvgIpc) is 2.20. The number of anilines is 1. The van der Waals surface area contributed by atoms with Crippen LogP contribution in [-0.4, -0.2) is 6.61 Å². The largest absolute Gasteiger partial charge is 0.492 e. The van der Waals surface area contributed by atoms with E-state index in [1.54, 1.807) is 18.2 Å². The van der Waals surface area contributed by atoms with Crippen molar-refractivity contribution < 1.29 is 4.74 Å². The van der Waals surface area contributed by atoms with Gasteiger partial charge in [-0.3, -0.25) is 0 Å². The minimum atomic E-state index is 0.549. The third kappa shape index (κ3) is 4.00. The molecule has 0 bridgehead atoms. The number of nitrogen functional groups attached to an aromatic ring is 1. The molecule has 2 N–H and O–H groups in total. The minimum Gasteiger partial charge on any atom is -0.492 e. The Labute approximate surface area is 96.4 Å². The molecule has 0 aliphatic heterocycles. The Morgan fingerprint density at radius 1 is 1.47 bits per heavy atom. The van der Waals surface area contributed by atoms with E-state index in [4.69, 9.17) is 22.1 Å². The lowest BCUT2D eigenvalue weighted by Crippen LogP contribution is -2.08. The predicted octanol–water partition coefficient (Wildman–Crippen LogP) is 3.74. The van der Waals surface area contributed by atoms with E-state index in [1.807, 2.05) is 0 Å². The number of nitrogens with two attached hydrogens (primary N) is 1. The molecule has 0 aliphatic carbocycles. The summed E-state index contributed by atoms with van der Waals surface area (Å²) in [6.45, 7) is 5.03. The third-order valence-electron chi connectivity index (χ3n) is 2.26. The van der Waals surface area contributed by atoms with Crippen molar-refractivity contribution in [2.45, 2.75) is 26.7 Å². The van der Waals surface area contributed by atoms with Gasteiger partial charge in [0.15, 0.2) is 0 Å². The first-order valence-corrected chi connectivity index (χ1v) is 5.69. The lowest BCUT2D eigenvalue weighted by Gasteiger charge is -2.13. The molecule has 1 aromatic rings. The van der Waals surface area contributed by atoms with Crippen LogP contribution < -0.4 is 10.5 Å². The molecule has 84 valence electrons. The molecule has 1 aromatic carbocycles.